The summed E-state index contributed by atoms with van der Waals surface area (Å²) in [5, 5.41) is 4.67. The van der Waals surface area contributed by atoms with Gasteiger partial charge in [0.25, 0.3) is 5.91 Å². The summed E-state index contributed by atoms with van der Waals surface area (Å²) in [6, 6.07) is 10.1. The molecular weight excluding hydrogens is 343 g/mol. The number of hydrogen-bond donors (Lipinski definition) is 0. The Labute approximate surface area is 156 Å². The Hall–Kier alpha value is -3.02. The highest BCUT2D eigenvalue weighted by Crippen LogP contribution is 2.47. The second kappa shape index (κ2) is 6.01. The van der Waals surface area contributed by atoms with Crippen LogP contribution in [-0.2, 0) is 13.5 Å². The van der Waals surface area contributed by atoms with Crippen LogP contribution in [0.15, 0.2) is 48.8 Å². The van der Waals surface area contributed by atoms with Gasteiger partial charge in [-0.05, 0) is 36.6 Å². The third-order valence-corrected chi connectivity index (χ3v) is 5.79. The van der Waals surface area contributed by atoms with Gasteiger partial charge >= 0.3 is 0 Å². The highest BCUT2D eigenvalue weighted by molar-refractivity contribution is 5.94. The van der Waals surface area contributed by atoms with Crippen LogP contribution in [0.5, 0.6) is 0 Å². The van der Waals surface area contributed by atoms with Crippen LogP contribution in [-0.4, -0.2) is 38.7 Å². The van der Waals surface area contributed by atoms with Crippen molar-refractivity contribution in [1.82, 2.24) is 19.7 Å². The zero-order chi connectivity index (χ0) is 18.5. The summed E-state index contributed by atoms with van der Waals surface area (Å²) in [7, 11) is 1.95. The van der Waals surface area contributed by atoms with Crippen LogP contribution >= 0.6 is 0 Å². The number of amides is 1. The second-order valence-corrected chi connectivity index (χ2v) is 7.36. The molecule has 0 bridgehead atoms. The van der Waals surface area contributed by atoms with Gasteiger partial charge in [-0.3, -0.25) is 14.5 Å². The highest BCUT2D eigenvalue weighted by Gasteiger charge is 2.45. The molecule has 0 saturated carbocycles. The Morgan fingerprint density at radius 2 is 2.00 bits per heavy atom. The van der Waals surface area contributed by atoms with Gasteiger partial charge in [0.2, 0.25) is 0 Å². The van der Waals surface area contributed by atoms with E-state index in [-0.39, 0.29) is 17.6 Å². The molecule has 1 saturated heterocycles. The first kappa shape index (κ1) is 16.2. The first-order valence-corrected chi connectivity index (χ1v) is 9.13. The van der Waals surface area contributed by atoms with Crippen LogP contribution in [0.4, 0.5) is 4.39 Å². The molecular formula is C21H19FN4O. The predicted molar refractivity (Wildman–Crippen MR) is 98.7 cm³/mol. The fourth-order valence-electron chi connectivity index (χ4n) is 4.55. The largest absolute Gasteiger partial charge is 0.338 e. The fraction of sp³-hybridized carbons (Fsp3) is 0.286. The van der Waals surface area contributed by atoms with Crippen LogP contribution in [0.3, 0.4) is 0 Å². The van der Waals surface area contributed by atoms with Crippen LogP contribution in [0.25, 0.3) is 11.3 Å². The molecule has 0 radical (unpaired) electrons. The van der Waals surface area contributed by atoms with E-state index in [1.54, 1.807) is 30.6 Å². The van der Waals surface area contributed by atoms with Gasteiger partial charge in [0.05, 0.1) is 5.69 Å². The van der Waals surface area contributed by atoms with Crippen molar-refractivity contribution in [3.8, 4) is 11.3 Å². The van der Waals surface area contributed by atoms with Crippen molar-refractivity contribution in [3.05, 3.63) is 71.4 Å². The maximum atomic E-state index is 13.7. The van der Waals surface area contributed by atoms with E-state index in [2.05, 4.69) is 10.1 Å². The minimum atomic E-state index is -0.262. The van der Waals surface area contributed by atoms with E-state index in [0.717, 1.165) is 24.2 Å². The maximum Gasteiger partial charge on any atom is 0.253 e. The molecule has 2 aliphatic rings. The number of benzene rings is 1. The third-order valence-electron chi connectivity index (χ3n) is 5.79. The van der Waals surface area contributed by atoms with Crippen molar-refractivity contribution in [2.75, 3.05) is 13.1 Å². The molecule has 0 N–H and O–H groups in total. The zero-order valence-corrected chi connectivity index (χ0v) is 15.0. The Bertz CT molecular complexity index is 1030. The number of carbonyl (C=O) groups is 1. The lowest BCUT2D eigenvalue weighted by molar-refractivity contribution is 0.0785. The minimum absolute atomic E-state index is 0.0459. The maximum absolute atomic E-state index is 13.7. The topological polar surface area (TPSA) is 51.0 Å². The number of aryl methyl sites for hydroxylation is 1. The molecule has 136 valence electrons. The van der Waals surface area contributed by atoms with Crippen molar-refractivity contribution < 1.29 is 9.18 Å². The van der Waals surface area contributed by atoms with Crippen LogP contribution < -0.4 is 0 Å². The summed E-state index contributed by atoms with van der Waals surface area (Å²) in [6.45, 7) is 1.41. The smallest absolute Gasteiger partial charge is 0.253 e. The van der Waals surface area contributed by atoms with E-state index in [9.17, 15) is 9.18 Å². The molecule has 2 aromatic heterocycles. The van der Waals surface area contributed by atoms with E-state index in [1.165, 1.54) is 23.4 Å². The number of hydrogen-bond acceptors (Lipinski definition) is 3. The molecule has 2 atom stereocenters. The molecule has 0 spiro atoms. The number of rotatable bonds is 2. The predicted octanol–water partition coefficient (Wildman–Crippen LogP) is 3.03. The van der Waals surface area contributed by atoms with Gasteiger partial charge in [-0.2, -0.15) is 5.10 Å². The molecule has 5 nitrogen and oxygen atoms in total. The number of halogens is 1. The van der Waals surface area contributed by atoms with E-state index in [0.29, 0.717) is 18.0 Å². The highest BCUT2D eigenvalue weighted by atomic mass is 19.1. The average Bonchev–Trinajstić information content (AvgIpc) is 3.33. The van der Waals surface area contributed by atoms with Crippen LogP contribution in [0.1, 0.15) is 27.5 Å². The van der Waals surface area contributed by atoms with Gasteiger partial charge in [0, 0.05) is 60.8 Å². The number of nitrogens with zero attached hydrogens (tertiary/aromatic N) is 4. The second-order valence-electron chi connectivity index (χ2n) is 7.36. The number of carbonyl (C=O) groups excluding carboxylic acids is 1. The molecule has 1 aromatic carbocycles. The van der Waals surface area contributed by atoms with Gasteiger partial charge in [-0.1, -0.05) is 12.1 Å². The van der Waals surface area contributed by atoms with Crippen molar-refractivity contribution in [2.45, 2.75) is 12.3 Å². The molecule has 1 fully saturated rings. The van der Waals surface area contributed by atoms with E-state index < -0.39 is 0 Å². The van der Waals surface area contributed by atoms with Crippen molar-refractivity contribution in [2.24, 2.45) is 13.0 Å². The molecule has 27 heavy (non-hydrogen) atoms. The molecule has 1 aliphatic carbocycles. The first-order chi connectivity index (χ1) is 13.1. The number of aromatic nitrogens is 3. The zero-order valence-electron chi connectivity index (χ0n) is 15.0. The average molecular weight is 362 g/mol. The normalized spacial score (nSPS) is 20.6. The van der Waals surface area contributed by atoms with Crippen LogP contribution in [0, 0.1) is 11.7 Å². The summed E-state index contributed by atoms with van der Waals surface area (Å²) in [5.74, 6) is 0.423. The quantitative estimate of drug-likeness (QED) is 0.704. The van der Waals surface area contributed by atoms with E-state index in [4.69, 9.17) is 0 Å². The Morgan fingerprint density at radius 3 is 2.78 bits per heavy atom. The van der Waals surface area contributed by atoms with Crippen LogP contribution in [0.2, 0.25) is 0 Å². The van der Waals surface area contributed by atoms with Crippen molar-refractivity contribution in [1.29, 1.82) is 0 Å². The lowest BCUT2D eigenvalue weighted by atomic mass is 9.94. The summed E-state index contributed by atoms with van der Waals surface area (Å²) in [6.07, 6.45) is 4.19. The summed E-state index contributed by atoms with van der Waals surface area (Å²) >= 11 is 0. The fourth-order valence-corrected chi connectivity index (χ4v) is 4.55. The van der Waals surface area contributed by atoms with Crippen molar-refractivity contribution in [3.63, 3.8) is 0 Å². The third kappa shape index (κ3) is 2.55. The lowest BCUT2D eigenvalue weighted by Gasteiger charge is -2.17. The van der Waals surface area contributed by atoms with E-state index >= 15 is 0 Å². The Kier molecular flexibility index (Phi) is 3.60. The Morgan fingerprint density at radius 1 is 1.19 bits per heavy atom. The van der Waals surface area contributed by atoms with Gasteiger partial charge in [-0.15, -0.1) is 0 Å². The molecule has 6 heteroatoms. The van der Waals surface area contributed by atoms with Gasteiger partial charge in [-0.25, -0.2) is 4.39 Å². The molecule has 5 rings (SSSR count). The van der Waals surface area contributed by atoms with Gasteiger partial charge in [0.1, 0.15) is 5.82 Å². The monoisotopic (exact) mass is 362 g/mol. The summed E-state index contributed by atoms with van der Waals surface area (Å²) in [5.41, 5.74) is 4.70. The van der Waals surface area contributed by atoms with Crippen molar-refractivity contribution >= 4 is 5.91 Å². The number of fused-ring (bicyclic) bond motifs is 3. The molecule has 1 amide bonds. The number of pyridine rings is 1. The van der Waals surface area contributed by atoms with Gasteiger partial charge in [0.15, 0.2) is 0 Å². The molecule has 3 aromatic rings. The Balaban J connectivity index is 1.49. The summed E-state index contributed by atoms with van der Waals surface area (Å²) in [4.78, 5) is 18.7. The molecule has 1 aliphatic heterocycles. The molecule has 3 heterocycles. The lowest BCUT2D eigenvalue weighted by Crippen LogP contribution is -2.29. The minimum Gasteiger partial charge on any atom is -0.338 e. The van der Waals surface area contributed by atoms with E-state index in [1.807, 2.05) is 22.7 Å². The number of likely N-dealkylation sites (tertiary alicyclic amines) is 1. The SMILES string of the molecule is Cn1nc(-c2cccc(F)c2)c2c1C[C@@H]1CN(C(=O)c3ccncc3)C[C@H]21. The van der Waals surface area contributed by atoms with Gasteiger partial charge < -0.3 is 4.90 Å². The standard InChI is InChI=1S/C21H19FN4O/c1-25-18-10-15-11-26(21(27)13-5-7-23-8-6-13)12-17(15)19(18)20(24-25)14-3-2-4-16(22)9-14/h2-9,15,17H,10-12H2,1H3/t15-,17+/m1/s1. The molecule has 0 unspecified atom stereocenters. The summed E-state index contributed by atoms with van der Waals surface area (Å²) < 4.78 is 15.7. The first-order valence-electron chi connectivity index (χ1n) is 9.13.